The van der Waals surface area contributed by atoms with Gasteiger partial charge in [-0.2, -0.15) is 0 Å². The molecule has 0 aromatic heterocycles. The number of hydrogen-bond donors (Lipinski definition) is 2. The first-order valence-electron chi connectivity index (χ1n) is 5.21. The molecule has 0 aliphatic rings. The maximum atomic E-state index is 12.0. The summed E-state index contributed by atoms with van der Waals surface area (Å²) >= 11 is 0. The Morgan fingerprint density at radius 2 is 2.06 bits per heavy atom. The lowest BCUT2D eigenvalue weighted by Gasteiger charge is -2.14. The quantitative estimate of drug-likeness (QED) is 0.779. The summed E-state index contributed by atoms with van der Waals surface area (Å²) < 4.78 is 31.4. The molecule has 0 aliphatic carbocycles. The third-order valence-corrected chi connectivity index (χ3v) is 3.90. The summed E-state index contributed by atoms with van der Waals surface area (Å²) in [4.78, 5) is 0.102. The lowest BCUT2D eigenvalue weighted by atomic mass is 10.2. The number of sulfonamides is 1. The second kappa shape index (κ2) is 6.11. The van der Waals surface area contributed by atoms with Crippen LogP contribution >= 0.6 is 0 Å². The molecule has 0 saturated heterocycles. The fourth-order valence-corrected chi connectivity index (χ4v) is 2.97. The lowest BCUT2D eigenvalue weighted by molar-refractivity contribution is 0.180. The van der Waals surface area contributed by atoms with E-state index in [4.69, 9.17) is 9.84 Å². The average molecular weight is 259 g/mol. The Balaban J connectivity index is 2.97. The Morgan fingerprint density at radius 1 is 1.41 bits per heavy atom. The maximum absolute atomic E-state index is 12.0. The smallest absolute Gasteiger partial charge is 0.241 e. The molecule has 5 nitrogen and oxygen atoms in total. The number of methoxy groups -OCH3 is 1. The van der Waals surface area contributed by atoms with Crippen LogP contribution in [0, 0.1) is 0 Å². The van der Waals surface area contributed by atoms with Crippen LogP contribution in [0.3, 0.4) is 0 Å². The Morgan fingerprint density at radius 3 is 2.65 bits per heavy atom. The molecule has 1 unspecified atom stereocenters. The number of aliphatic hydroxyl groups is 1. The summed E-state index contributed by atoms with van der Waals surface area (Å²) in [5.74, 6) is 0. The average Bonchev–Trinajstić information content (AvgIpc) is 2.28. The van der Waals surface area contributed by atoms with Gasteiger partial charge in [-0.1, -0.05) is 18.2 Å². The topological polar surface area (TPSA) is 75.6 Å². The van der Waals surface area contributed by atoms with Gasteiger partial charge in [0.25, 0.3) is 0 Å². The van der Waals surface area contributed by atoms with E-state index >= 15 is 0 Å². The van der Waals surface area contributed by atoms with Crippen molar-refractivity contribution in [3.63, 3.8) is 0 Å². The summed E-state index contributed by atoms with van der Waals surface area (Å²) in [6, 6.07) is 6.03. The highest BCUT2D eigenvalue weighted by atomic mass is 32.2. The molecule has 0 saturated carbocycles. The molecule has 96 valence electrons. The third-order valence-electron chi connectivity index (χ3n) is 2.21. The molecule has 0 spiro atoms. The molecule has 0 bridgehead atoms. The van der Waals surface area contributed by atoms with Gasteiger partial charge in [-0.15, -0.1) is 0 Å². The van der Waals surface area contributed by atoms with E-state index in [-0.39, 0.29) is 17.5 Å². The molecule has 1 atom stereocenters. The minimum atomic E-state index is -3.61. The highest BCUT2D eigenvalue weighted by Crippen LogP contribution is 2.15. The van der Waals surface area contributed by atoms with Crippen molar-refractivity contribution >= 4 is 10.0 Å². The van der Waals surface area contributed by atoms with E-state index in [1.54, 1.807) is 25.1 Å². The Hall–Kier alpha value is -0.950. The predicted octanol–water partition coefficient (Wildman–Crippen LogP) is 0.492. The summed E-state index contributed by atoms with van der Waals surface area (Å²) in [6.45, 7) is 1.69. The molecule has 0 fully saturated rings. The predicted molar refractivity (Wildman–Crippen MR) is 64.0 cm³/mol. The van der Waals surface area contributed by atoms with Crippen molar-refractivity contribution in [3.05, 3.63) is 29.8 Å². The van der Waals surface area contributed by atoms with E-state index in [9.17, 15) is 8.42 Å². The molecule has 17 heavy (non-hydrogen) atoms. The van der Waals surface area contributed by atoms with Crippen LogP contribution < -0.4 is 4.72 Å². The Kier molecular flexibility index (Phi) is 5.07. The fourth-order valence-electron chi connectivity index (χ4n) is 1.51. The highest BCUT2D eigenvalue weighted by molar-refractivity contribution is 7.89. The van der Waals surface area contributed by atoms with Gasteiger partial charge in [-0.05, 0) is 18.6 Å². The lowest BCUT2D eigenvalue weighted by Crippen LogP contribution is -2.36. The Labute approximate surface area is 101 Å². The number of aliphatic hydroxyl groups excluding tert-OH is 1. The number of hydrogen-bond acceptors (Lipinski definition) is 4. The molecule has 0 heterocycles. The zero-order chi connectivity index (χ0) is 12.9. The van der Waals surface area contributed by atoms with Crippen LogP contribution in [0.5, 0.6) is 0 Å². The molecule has 0 amide bonds. The largest absolute Gasteiger partial charge is 0.392 e. The molecule has 0 radical (unpaired) electrons. The molecule has 1 aromatic rings. The highest BCUT2D eigenvalue weighted by Gasteiger charge is 2.19. The number of rotatable bonds is 6. The third kappa shape index (κ3) is 3.78. The van der Waals surface area contributed by atoms with E-state index in [2.05, 4.69) is 4.72 Å². The monoisotopic (exact) mass is 259 g/mol. The first-order valence-corrected chi connectivity index (χ1v) is 6.69. The molecule has 6 heteroatoms. The van der Waals surface area contributed by atoms with Crippen LogP contribution in [0.4, 0.5) is 0 Å². The van der Waals surface area contributed by atoms with Crippen molar-refractivity contribution in [1.29, 1.82) is 0 Å². The standard InChI is InChI=1S/C11H17NO4S/c1-9(8-16-2)12-17(14,15)11-6-4-3-5-10(11)7-13/h3-6,9,12-13H,7-8H2,1-2H3. The Bertz CT molecular complexity index is 458. The van der Waals surface area contributed by atoms with Crippen molar-refractivity contribution in [2.45, 2.75) is 24.5 Å². The van der Waals surface area contributed by atoms with Gasteiger partial charge in [0.2, 0.25) is 10.0 Å². The van der Waals surface area contributed by atoms with Gasteiger partial charge in [0.15, 0.2) is 0 Å². The van der Waals surface area contributed by atoms with E-state index in [0.717, 1.165) is 0 Å². The minimum absolute atomic E-state index is 0.102. The molecular weight excluding hydrogens is 242 g/mol. The van der Waals surface area contributed by atoms with Gasteiger partial charge in [0.05, 0.1) is 18.1 Å². The van der Waals surface area contributed by atoms with E-state index < -0.39 is 10.0 Å². The molecule has 0 aliphatic heterocycles. The summed E-state index contributed by atoms with van der Waals surface area (Å²) in [5.41, 5.74) is 0.379. The van der Waals surface area contributed by atoms with Crippen molar-refractivity contribution < 1.29 is 18.3 Å². The number of ether oxygens (including phenoxy) is 1. The van der Waals surface area contributed by atoms with Gasteiger partial charge in [-0.25, -0.2) is 13.1 Å². The molecule has 2 N–H and O–H groups in total. The van der Waals surface area contributed by atoms with Gasteiger partial charge in [-0.3, -0.25) is 0 Å². The van der Waals surface area contributed by atoms with Crippen molar-refractivity contribution in [2.75, 3.05) is 13.7 Å². The molecule has 1 rings (SSSR count). The van der Waals surface area contributed by atoms with E-state index in [1.165, 1.54) is 13.2 Å². The second-order valence-corrected chi connectivity index (χ2v) is 5.43. The van der Waals surface area contributed by atoms with Crippen molar-refractivity contribution in [1.82, 2.24) is 4.72 Å². The zero-order valence-corrected chi connectivity index (χ0v) is 10.7. The maximum Gasteiger partial charge on any atom is 0.241 e. The number of benzene rings is 1. The van der Waals surface area contributed by atoms with Crippen LogP contribution in [-0.2, 0) is 21.4 Å². The molecule has 1 aromatic carbocycles. The van der Waals surface area contributed by atoms with Crippen molar-refractivity contribution in [3.8, 4) is 0 Å². The second-order valence-electron chi connectivity index (χ2n) is 3.74. The van der Waals surface area contributed by atoms with Crippen LogP contribution in [0.1, 0.15) is 12.5 Å². The number of nitrogens with one attached hydrogen (secondary N) is 1. The van der Waals surface area contributed by atoms with Crippen LogP contribution in [0.25, 0.3) is 0 Å². The van der Waals surface area contributed by atoms with Crippen molar-refractivity contribution in [2.24, 2.45) is 0 Å². The normalized spacial score (nSPS) is 13.6. The van der Waals surface area contributed by atoms with Gasteiger partial charge in [0, 0.05) is 13.2 Å². The van der Waals surface area contributed by atoms with Crippen LogP contribution in [0.2, 0.25) is 0 Å². The first-order chi connectivity index (χ1) is 8.01. The summed E-state index contributed by atoms with van der Waals surface area (Å²) in [5, 5.41) is 9.10. The first kappa shape index (κ1) is 14.1. The fraction of sp³-hybridized carbons (Fsp3) is 0.455. The van der Waals surface area contributed by atoms with Gasteiger partial charge in [0.1, 0.15) is 0 Å². The SMILES string of the molecule is COCC(C)NS(=O)(=O)c1ccccc1CO. The van der Waals surface area contributed by atoms with Gasteiger partial charge >= 0.3 is 0 Å². The summed E-state index contributed by atoms with van der Waals surface area (Å²) in [6.07, 6.45) is 0. The molecular formula is C11H17NO4S. The van der Waals surface area contributed by atoms with Crippen LogP contribution in [-0.4, -0.2) is 33.3 Å². The van der Waals surface area contributed by atoms with E-state index in [1.807, 2.05) is 0 Å². The minimum Gasteiger partial charge on any atom is -0.392 e. The zero-order valence-electron chi connectivity index (χ0n) is 9.88. The van der Waals surface area contributed by atoms with Gasteiger partial charge < -0.3 is 9.84 Å². The van der Waals surface area contributed by atoms with Crippen LogP contribution in [0.15, 0.2) is 29.2 Å². The summed E-state index contributed by atoms with van der Waals surface area (Å²) in [7, 11) is -2.11. The van der Waals surface area contributed by atoms with E-state index in [0.29, 0.717) is 12.2 Å².